The molecule has 0 radical (unpaired) electrons. The monoisotopic (exact) mass is 581 g/mol. The lowest BCUT2D eigenvalue weighted by Gasteiger charge is -2.24. The van der Waals surface area contributed by atoms with E-state index in [1.54, 1.807) is 51.1 Å². The summed E-state index contributed by atoms with van der Waals surface area (Å²) in [5, 5.41) is 4.28. The summed E-state index contributed by atoms with van der Waals surface area (Å²) in [5.41, 5.74) is 0.915. The van der Waals surface area contributed by atoms with Crippen LogP contribution in [0.5, 0.6) is 0 Å². The van der Waals surface area contributed by atoms with Crippen molar-refractivity contribution in [3.8, 4) is 0 Å². The summed E-state index contributed by atoms with van der Waals surface area (Å²) in [6.45, 7) is 9.79. The number of benzene rings is 3. The van der Waals surface area contributed by atoms with Crippen LogP contribution in [0.1, 0.15) is 53.0 Å². The van der Waals surface area contributed by atoms with E-state index in [0.29, 0.717) is 31.6 Å². The van der Waals surface area contributed by atoms with Crippen molar-refractivity contribution >= 4 is 44.4 Å². The van der Waals surface area contributed by atoms with Gasteiger partial charge in [0.25, 0.3) is 10.0 Å². The summed E-state index contributed by atoms with van der Waals surface area (Å²) < 4.78 is 33.6. The number of ether oxygens (including phenoxy) is 1. The molecule has 0 aromatic heterocycles. The molecule has 0 heterocycles. The summed E-state index contributed by atoms with van der Waals surface area (Å²) in [6, 6.07) is 19.2. The zero-order chi connectivity index (χ0) is 30.2. The third-order valence-corrected chi connectivity index (χ3v) is 7.86. The molecular formula is C31H39N3O6S. The Morgan fingerprint density at radius 2 is 1.54 bits per heavy atom. The van der Waals surface area contributed by atoms with E-state index in [2.05, 4.69) is 10.0 Å². The van der Waals surface area contributed by atoms with Crippen molar-refractivity contribution < 1.29 is 27.5 Å². The maximum Gasteiger partial charge on any atom is 0.412 e. The Balaban J connectivity index is 1.68. The number of carbonyl (C=O) groups is 3. The van der Waals surface area contributed by atoms with Crippen LogP contribution < -0.4 is 10.0 Å². The van der Waals surface area contributed by atoms with Crippen LogP contribution in [0.25, 0.3) is 10.8 Å². The number of carbonyl (C=O) groups excluding carboxylic acids is 3. The van der Waals surface area contributed by atoms with Gasteiger partial charge in [-0.15, -0.1) is 0 Å². The second kappa shape index (κ2) is 13.6. The number of aryl methyl sites for hydroxylation is 1. The maximum atomic E-state index is 13.3. The number of amides is 3. The average Bonchev–Trinajstić information content (AvgIpc) is 2.91. The standard InChI is InChI=1S/C31H39N3O6S/c1-6-34(7-2)29(36)27(14-10-11-22-15-18-25(19-16-22)32-30(37)40-31(3,4)5)28(35)33-41(38,39)26-20-17-23-12-8-9-13-24(23)21-26/h8-9,12-13,15-21,27H,6-7,10-11,14H2,1-5H3,(H,32,37)(H,33,35). The first-order chi connectivity index (χ1) is 19.3. The minimum absolute atomic E-state index is 0.0429. The van der Waals surface area contributed by atoms with Gasteiger partial charge in [-0.05, 0) is 94.5 Å². The molecule has 0 aliphatic heterocycles. The molecular weight excluding hydrogens is 542 g/mol. The number of rotatable bonds is 11. The minimum atomic E-state index is -4.19. The van der Waals surface area contributed by atoms with Crippen molar-refractivity contribution in [2.75, 3.05) is 18.4 Å². The summed E-state index contributed by atoms with van der Waals surface area (Å²) in [7, 11) is -4.19. The topological polar surface area (TPSA) is 122 Å². The van der Waals surface area contributed by atoms with E-state index in [1.165, 1.54) is 17.0 Å². The van der Waals surface area contributed by atoms with Crippen LogP contribution in [-0.2, 0) is 30.8 Å². The van der Waals surface area contributed by atoms with Gasteiger partial charge in [0.2, 0.25) is 11.8 Å². The zero-order valence-electron chi connectivity index (χ0n) is 24.3. The molecule has 0 bridgehead atoms. The average molecular weight is 582 g/mol. The Morgan fingerprint density at radius 1 is 0.902 bits per heavy atom. The van der Waals surface area contributed by atoms with Crippen molar-refractivity contribution in [2.24, 2.45) is 5.92 Å². The molecule has 0 spiro atoms. The van der Waals surface area contributed by atoms with Gasteiger partial charge >= 0.3 is 6.09 Å². The molecule has 41 heavy (non-hydrogen) atoms. The molecule has 0 fully saturated rings. The van der Waals surface area contributed by atoms with Crippen LogP contribution in [-0.4, -0.2) is 49.9 Å². The lowest BCUT2D eigenvalue weighted by Crippen LogP contribution is -2.45. The van der Waals surface area contributed by atoms with Gasteiger partial charge in [0.05, 0.1) is 4.90 Å². The predicted octanol–water partition coefficient (Wildman–Crippen LogP) is 5.50. The molecule has 0 saturated carbocycles. The smallest absolute Gasteiger partial charge is 0.412 e. The van der Waals surface area contributed by atoms with E-state index in [0.717, 1.165) is 16.3 Å². The van der Waals surface area contributed by atoms with E-state index in [-0.39, 0.29) is 11.3 Å². The van der Waals surface area contributed by atoms with Crippen LogP contribution in [0.15, 0.2) is 71.6 Å². The number of nitrogens with one attached hydrogen (secondary N) is 2. The molecule has 3 aromatic carbocycles. The van der Waals surface area contributed by atoms with Gasteiger partial charge in [0.15, 0.2) is 0 Å². The van der Waals surface area contributed by atoms with E-state index >= 15 is 0 Å². The fourth-order valence-corrected chi connectivity index (χ4v) is 5.46. The molecule has 2 N–H and O–H groups in total. The van der Waals surface area contributed by atoms with E-state index in [9.17, 15) is 22.8 Å². The number of fused-ring (bicyclic) bond motifs is 1. The molecule has 1 unspecified atom stereocenters. The molecule has 10 heteroatoms. The van der Waals surface area contributed by atoms with Crippen LogP contribution in [0.4, 0.5) is 10.5 Å². The van der Waals surface area contributed by atoms with Gasteiger partial charge in [-0.1, -0.05) is 42.5 Å². The summed E-state index contributed by atoms with van der Waals surface area (Å²) >= 11 is 0. The fraction of sp³-hybridized carbons (Fsp3) is 0.387. The highest BCUT2D eigenvalue weighted by Crippen LogP contribution is 2.21. The summed E-state index contributed by atoms with van der Waals surface area (Å²) in [6.07, 6.45) is 0.652. The van der Waals surface area contributed by atoms with Gasteiger partial charge in [-0.25, -0.2) is 17.9 Å². The van der Waals surface area contributed by atoms with Crippen LogP contribution >= 0.6 is 0 Å². The summed E-state index contributed by atoms with van der Waals surface area (Å²) in [4.78, 5) is 40.0. The number of sulfonamides is 1. The van der Waals surface area contributed by atoms with Crippen molar-refractivity contribution in [3.05, 3.63) is 72.3 Å². The van der Waals surface area contributed by atoms with Crippen LogP contribution in [0.2, 0.25) is 0 Å². The second-order valence-electron chi connectivity index (χ2n) is 10.8. The lowest BCUT2D eigenvalue weighted by atomic mass is 9.97. The van der Waals surface area contributed by atoms with E-state index < -0.39 is 39.4 Å². The Hall–Kier alpha value is -3.92. The number of hydrogen-bond donors (Lipinski definition) is 2. The van der Waals surface area contributed by atoms with Gasteiger partial charge in [0.1, 0.15) is 11.5 Å². The maximum absolute atomic E-state index is 13.3. The molecule has 0 aliphatic rings. The molecule has 0 aliphatic carbocycles. The predicted molar refractivity (Wildman–Crippen MR) is 160 cm³/mol. The first-order valence-electron chi connectivity index (χ1n) is 13.8. The first kappa shape index (κ1) is 31.6. The van der Waals surface area contributed by atoms with Crippen molar-refractivity contribution in [3.63, 3.8) is 0 Å². The van der Waals surface area contributed by atoms with Crippen molar-refractivity contribution in [1.29, 1.82) is 0 Å². The van der Waals surface area contributed by atoms with Gasteiger partial charge in [-0.3, -0.25) is 14.9 Å². The Morgan fingerprint density at radius 3 is 2.15 bits per heavy atom. The Bertz CT molecular complexity index is 1480. The highest BCUT2D eigenvalue weighted by atomic mass is 32.2. The Kier molecular flexibility index (Phi) is 10.5. The van der Waals surface area contributed by atoms with Crippen LogP contribution in [0, 0.1) is 5.92 Å². The fourth-order valence-electron chi connectivity index (χ4n) is 4.41. The highest BCUT2D eigenvalue weighted by Gasteiger charge is 2.32. The van der Waals surface area contributed by atoms with E-state index in [1.807, 2.05) is 38.1 Å². The van der Waals surface area contributed by atoms with E-state index in [4.69, 9.17) is 4.74 Å². The normalized spacial score (nSPS) is 12.4. The zero-order valence-corrected chi connectivity index (χ0v) is 25.1. The largest absolute Gasteiger partial charge is 0.444 e. The molecule has 0 saturated heterocycles. The summed E-state index contributed by atoms with van der Waals surface area (Å²) in [5.74, 6) is -2.40. The number of nitrogens with zero attached hydrogens (tertiary/aromatic N) is 1. The van der Waals surface area contributed by atoms with Gasteiger partial charge in [0, 0.05) is 18.8 Å². The number of hydrogen-bond acceptors (Lipinski definition) is 6. The van der Waals surface area contributed by atoms with Gasteiger partial charge < -0.3 is 9.64 Å². The lowest BCUT2D eigenvalue weighted by molar-refractivity contribution is -0.141. The van der Waals surface area contributed by atoms with Gasteiger partial charge in [-0.2, -0.15) is 0 Å². The quantitative estimate of drug-likeness (QED) is 0.289. The molecule has 3 amide bonds. The SMILES string of the molecule is CCN(CC)C(=O)C(CCCc1ccc(NC(=O)OC(C)(C)C)cc1)C(=O)NS(=O)(=O)c1ccc2ccccc2c1. The van der Waals surface area contributed by atoms with Crippen molar-refractivity contribution in [1.82, 2.24) is 9.62 Å². The first-order valence-corrected chi connectivity index (χ1v) is 15.2. The van der Waals surface area contributed by atoms with Crippen LogP contribution in [0.3, 0.4) is 0 Å². The second-order valence-corrected chi connectivity index (χ2v) is 12.4. The third kappa shape index (κ3) is 9.04. The minimum Gasteiger partial charge on any atom is -0.444 e. The molecule has 1 atom stereocenters. The third-order valence-electron chi connectivity index (χ3n) is 6.51. The van der Waals surface area contributed by atoms with Crippen molar-refractivity contribution in [2.45, 2.75) is 64.4 Å². The molecule has 220 valence electrons. The highest BCUT2D eigenvalue weighted by molar-refractivity contribution is 7.90. The molecule has 3 aromatic rings. The molecule has 9 nitrogen and oxygen atoms in total. The Labute approximate surface area is 242 Å². The molecule has 3 rings (SSSR count). The number of anilines is 1.